The van der Waals surface area contributed by atoms with Crippen LogP contribution < -0.4 is 14.4 Å². The summed E-state index contributed by atoms with van der Waals surface area (Å²) in [5, 5.41) is 9.96. The summed E-state index contributed by atoms with van der Waals surface area (Å²) >= 11 is 0. The van der Waals surface area contributed by atoms with Gasteiger partial charge in [0.05, 0.1) is 12.8 Å². The lowest BCUT2D eigenvalue weighted by molar-refractivity contribution is -0.137. The molecule has 6 rings (SSSR count). The number of nitrogens with zero attached hydrogens (tertiary/aromatic N) is 3. The summed E-state index contributed by atoms with van der Waals surface area (Å²) in [6.45, 7) is 7.25. The van der Waals surface area contributed by atoms with E-state index < -0.39 is 5.97 Å². The van der Waals surface area contributed by atoms with Gasteiger partial charge in [-0.2, -0.15) is 0 Å². The van der Waals surface area contributed by atoms with Crippen LogP contribution in [0.5, 0.6) is 11.5 Å². The molecule has 0 spiro atoms. The van der Waals surface area contributed by atoms with E-state index in [0.29, 0.717) is 29.8 Å². The monoisotopic (exact) mass is 645 g/mol. The Morgan fingerprint density at radius 3 is 2.38 bits per heavy atom. The molecular weight excluding hydrogens is 602 g/mol. The number of carbonyl (C=O) groups is 2. The van der Waals surface area contributed by atoms with Crippen molar-refractivity contribution in [1.29, 1.82) is 0 Å². The molecule has 1 fully saturated rings. The summed E-state index contributed by atoms with van der Waals surface area (Å²) in [6.07, 6.45) is 3.05. The zero-order valence-corrected chi connectivity index (χ0v) is 27.7. The standard InChI is InChI=1S/C40H43N3O5/c1-29-16-18-30(19-17-29)37(20-22-41-23-25-42(26-24-41)36-13-5-6-14-38(36)47-2)48-32-10-7-9-31(27-32)40(46)34-28-43(21-8-15-39(44)45)35-12-4-3-11-33(34)35/h3-7,9-14,16-19,27-28,37H,8,15,20-26H2,1-2H3,(H,44,45). The summed E-state index contributed by atoms with van der Waals surface area (Å²) in [5.74, 6) is 0.641. The number of para-hydroxylation sites is 3. The summed E-state index contributed by atoms with van der Waals surface area (Å²) in [6, 6.07) is 31.9. The molecule has 5 aromatic rings. The number of rotatable bonds is 14. The van der Waals surface area contributed by atoms with E-state index in [4.69, 9.17) is 14.6 Å². The zero-order valence-electron chi connectivity index (χ0n) is 27.7. The normalized spacial score (nSPS) is 14.2. The topological polar surface area (TPSA) is 84.2 Å². The number of methoxy groups -OCH3 is 1. The molecule has 0 aliphatic carbocycles. The number of benzene rings is 4. The Kier molecular flexibility index (Phi) is 10.4. The van der Waals surface area contributed by atoms with Crippen LogP contribution in [-0.4, -0.2) is 66.2 Å². The number of ketones is 1. The van der Waals surface area contributed by atoms with Crippen LogP contribution in [0, 0.1) is 6.92 Å². The largest absolute Gasteiger partial charge is 0.495 e. The first-order chi connectivity index (χ1) is 23.4. The fourth-order valence-electron chi connectivity index (χ4n) is 6.52. The number of aryl methyl sites for hydroxylation is 2. The lowest BCUT2D eigenvalue weighted by atomic mass is 10.0. The van der Waals surface area contributed by atoms with Gasteiger partial charge in [-0.3, -0.25) is 14.5 Å². The molecule has 1 N–H and O–H groups in total. The third kappa shape index (κ3) is 7.72. The summed E-state index contributed by atoms with van der Waals surface area (Å²) in [5.41, 5.74) is 5.50. The molecule has 1 aromatic heterocycles. The molecular formula is C40H43N3O5. The van der Waals surface area contributed by atoms with Gasteiger partial charge in [0.15, 0.2) is 5.78 Å². The molecule has 8 heteroatoms. The van der Waals surface area contributed by atoms with E-state index >= 15 is 0 Å². The van der Waals surface area contributed by atoms with E-state index in [1.807, 2.05) is 71.4 Å². The van der Waals surface area contributed by atoms with Crippen molar-refractivity contribution in [2.75, 3.05) is 44.7 Å². The number of aliphatic carboxylic acids is 1. The van der Waals surface area contributed by atoms with Crippen molar-refractivity contribution in [1.82, 2.24) is 9.47 Å². The molecule has 0 amide bonds. The molecule has 8 nitrogen and oxygen atoms in total. The van der Waals surface area contributed by atoms with E-state index in [1.165, 1.54) is 5.56 Å². The average Bonchev–Trinajstić information content (AvgIpc) is 3.48. The van der Waals surface area contributed by atoms with Gasteiger partial charge in [-0.1, -0.05) is 72.3 Å². The lowest BCUT2D eigenvalue weighted by Crippen LogP contribution is -2.47. The van der Waals surface area contributed by atoms with Gasteiger partial charge in [0.2, 0.25) is 0 Å². The van der Waals surface area contributed by atoms with Crippen molar-refractivity contribution in [2.24, 2.45) is 0 Å². The molecule has 4 aromatic carbocycles. The molecule has 48 heavy (non-hydrogen) atoms. The second-order valence-corrected chi connectivity index (χ2v) is 12.4. The lowest BCUT2D eigenvalue weighted by Gasteiger charge is -2.37. The maximum Gasteiger partial charge on any atom is 0.303 e. The van der Waals surface area contributed by atoms with Gasteiger partial charge in [0.25, 0.3) is 0 Å². The molecule has 2 heterocycles. The molecule has 1 aliphatic rings. The number of hydrogen-bond donors (Lipinski definition) is 1. The Morgan fingerprint density at radius 2 is 1.60 bits per heavy atom. The second kappa shape index (κ2) is 15.2. The third-order valence-corrected chi connectivity index (χ3v) is 9.15. The van der Waals surface area contributed by atoms with Gasteiger partial charge in [0.1, 0.15) is 17.6 Å². The quantitative estimate of drug-likeness (QED) is 0.126. The Labute approximate surface area is 282 Å². The highest BCUT2D eigenvalue weighted by Gasteiger charge is 2.23. The fraction of sp³-hybridized carbons (Fsp3) is 0.300. The minimum Gasteiger partial charge on any atom is -0.495 e. The predicted octanol–water partition coefficient (Wildman–Crippen LogP) is 7.39. The highest BCUT2D eigenvalue weighted by Crippen LogP contribution is 2.31. The zero-order chi connectivity index (χ0) is 33.5. The molecule has 1 aliphatic heterocycles. The van der Waals surface area contributed by atoms with E-state index in [9.17, 15) is 9.59 Å². The first kappa shape index (κ1) is 32.8. The number of carbonyl (C=O) groups excluding carboxylic acids is 1. The number of ether oxygens (including phenoxy) is 2. The summed E-state index contributed by atoms with van der Waals surface area (Å²) in [7, 11) is 1.72. The molecule has 0 bridgehead atoms. The van der Waals surface area contributed by atoms with E-state index in [-0.39, 0.29) is 18.3 Å². The molecule has 1 saturated heterocycles. The molecule has 1 unspecified atom stereocenters. The Balaban J connectivity index is 1.16. The SMILES string of the molecule is COc1ccccc1N1CCN(CCC(Oc2cccc(C(=O)c3cn(CCCC(=O)O)c4ccccc34)c2)c2ccc(C)cc2)CC1. The summed E-state index contributed by atoms with van der Waals surface area (Å²) < 4.78 is 14.3. The Bertz CT molecular complexity index is 1860. The number of piperazine rings is 1. The van der Waals surface area contributed by atoms with Crippen LogP contribution in [0.25, 0.3) is 10.9 Å². The smallest absolute Gasteiger partial charge is 0.303 e. The average molecular weight is 646 g/mol. The van der Waals surface area contributed by atoms with Crippen molar-refractivity contribution in [3.8, 4) is 11.5 Å². The van der Waals surface area contributed by atoms with Crippen LogP contribution in [0.2, 0.25) is 0 Å². The molecule has 0 saturated carbocycles. The second-order valence-electron chi connectivity index (χ2n) is 12.4. The van der Waals surface area contributed by atoms with Crippen LogP contribution in [0.1, 0.15) is 52.4 Å². The van der Waals surface area contributed by atoms with Crippen molar-refractivity contribution < 1.29 is 24.2 Å². The summed E-state index contributed by atoms with van der Waals surface area (Å²) in [4.78, 5) is 29.9. The van der Waals surface area contributed by atoms with E-state index in [1.54, 1.807) is 7.11 Å². The maximum absolute atomic E-state index is 13.9. The predicted molar refractivity (Wildman–Crippen MR) is 189 cm³/mol. The van der Waals surface area contributed by atoms with E-state index in [0.717, 1.165) is 67.0 Å². The Morgan fingerprint density at radius 1 is 0.854 bits per heavy atom. The van der Waals surface area contributed by atoms with Crippen molar-refractivity contribution >= 4 is 28.3 Å². The van der Waals surface area contributed by atoms with Gasteiger partial charge in [0, 0.05) is 80.3 Å². The highest BCUT2D eigenvalue weighted by molar-refractivity contribution is 6.16. The number of anilines is 1. The number of carboxylic acid groups (broad SMARTS) is 1. The molecule has 248 valence electrons. The maximum atomic E-state index is 13.9. The fourth-order valence-corrected chi connectivity index (χ4v) is 6.52. The van der Waals surface area contributed by atoms with Gasteiger partial charge in [-0.15, -0.1) is 0 Å². The van der Waals surface area contributed by atoms with Crippen LogP contribution in [0.3, 0.4) is 0 Å². The minimum atomic E-state index is -0.824. The first-order valence-electron chi connectivity index (χ1n) is 16.7. The van der Waals surface area contributed by atoms with Crippen LogP contribution >= 0.6 is 0 Å². The van der Waals surface area contributed by atoms with Crippen molar-refractivity contribution in [3.05, 3.63) is 126 Å². The first-order valence-corrected chi connectivity index (χ1v) is 16.7. The molecule has 1 atom stereocenters. The minimum absolute atomic E-state index is 0.0798. The van der Waals surface area contributed by atoms with Gasteiger partial charge >= 0.3 is 5.97 Å². The number of hydrogen-bond acceptors (Lipinski definition) is 6. The third-order valence-electron chi connectivity index (χ3n) is 9.15. The van der Waals surface area contributed by atoms with Crippen LogP contribution in [0.15, 0.2) is 103 Å². The highest BCUT2D eigenvalue weighted by atomic mass is 16.5. The van der Waals surface area contributed by atoms with Gasteiger partial charge in [-0.25, -0.2) is 0 Å². The number of carboxylic acids is 1. The number of aromatic nitrogens is 1. The molecule has 0 radical (unpaired) electrons. The van der Waals surface area contributed by atoms with Crippen LogP contribution in [0.4, 0.5) is 5.69 Å². The van der Waals surface area contributed by atoms with E-state index in [2.05, 4.69) is 53.1 Å². The van der Waals surface area contributed by atoms with Gasteiger partial charge < -0.3 is 24.0 Å². The van der Waals surface area contributed by atoms with Crippen molar-refractivity contribution in [2.45, 2.75) is 38.8 Å². The van der Waals surface area contributed by atoms with Crippen LogP contribution in [-0.2, 0) is 11.3 Å². The number of fused-ring (bicyclic) bond motifs is 1. The van der Waals surface area contributed by atoms with Crippen molar-refractivity contribution in [3.63, 3.8) is 0 Å². The Hall–Kier alpha value is -5.08. The van der Waals surface area contributed by atoms with Gasteiger partial charge in [-0.05, 0) is 49.2 Å².